The lowest BCUT2D eigenvalue weighted by atomic mass is 9.97. The number of nitrogens with one attached hydrogen (secondary N) is 1. The molecule has 0 aliphatic heterocycles. The van der Waals surface area contributed by atoms with E-state index in [1.165, 1.54) is 42.7 Å². The third-order valence-corrected chi connectivity index (χ3v) is 8.74. The number of aromatic nitrogens is 6. The van der Waals surface area contributed by atoms with Crippen LogP contribution in [0.25, 0.3) is 33.2 Å². The molecule has 44 heavy (non-hydrogen) atoms. The molecule has 0 amide bonds. The van der Waals surface area contributed by atoms with Gasteiger partial charge in [0, 0.05) is 46.7 Å². The van der Waals surface area contributed by atoms with Crippen LogP contribution in [0.1, 0.15) is 17.0 Å². The Bertz CT molecular complexity index is 2010. The van der Waals surface area contributed by atoms with Crippen LogP contribution in [-0.4, -0.2) is 62.4 Å². The number of fused-ring (bicyclic) bond motifs is 2. The highest BCUT2D eigenvalue weighted by molar-refractivity contribution is 7.99. The molecule has 0 spiro atoms. The van der Waals surface area contributed by atoms with E-state index in [0.29, 0.717) is 33.9 Å². The van der Waals surface area contributed by atoms with Crippen LogP contribution in [0.5, 0.6) is 5.75 Å². The van der Waals surface area contributed by atoms with E-state index in [1.807, 2.05) is 26.2 Å². The average Bonchev–Trinajstić information content (AvgIpc) is 2.95. The number of hydrogen-bond donors (Lipinski definition) is 1. The van der Waals surface area contributed by atoms with E-state index in [2.05, 4.69) is 39.4 Å². The first-order valence-corrected chi connectivity index (χ1v) is 16.4. The smallest absolute Gasteiger partial charge is 0.382 e. The van der Waals surface area contributed by atoms with Crippen LogP contribution in [0.15, 0.2) is 47.0 Å². The van der Waals surface area contributed by atoms with Crippen molar-refractivity contribution in [1.29, 1.82) is 0 Å². The van der Waals surface area contributed by atoms with Crippen molar-refractivity contribution in [1.82, 2.24) is 29.9 Å². The largest absolute Gasteiger partial charge is 0.534 e. The van der Waals surface area contributed by atoms with Crippen molar-refractivity contribution in [3.8, 4) is 16.9 Å². The number of alkyl halides is 3. The summed E-state index contributed by atoms with van der Waals surface area (Å²) in [5.41, 5.74) is -1.50. The van der Waals surface area contributed by atoms with Crippen LogP contribution in [0.2, 0.25) is 0 Å². The lowest BCUT2D eigenvalue weighted by Crippen LogP contribution is -2.28. The maximum atomic E-state index is 14.9. The Hall–Kier alpha value is -3.83. The first-order valence-electron chi connectivity index (χ1n) is 12.8. The standard InChI is InChI=1S/C27H23F4N7O3S3/c1-13-7-20(28)21(10-18(13)19-8-16-11-33-25(42-4)37-23(16)35-14(19)2)32-5-6-43-26-34-12-17-9-22(15(3)36-24(17)38-26)41-44(39,40)27(29,30)31/h7-12,32H,5-6H2,1-4H3. The van der Waals surface area contributed by atoms with Gasteiger partial charge < -0.3 is 9.50 Å². The molecule has 17 heteroatoms. The molecule has 0 aliphatic carbocycles. The van der Waals surface area contributed by atoms with Crippen molar-refractivity contribution in [2.45, 2.75) is 36.6 Å². The summed E-state index contributed by atoms with van der Waals surface area (Å²) in [5.74, 6) is -0.554. The van der Waals surface area contributed by atoms with E-state index in [-0.39, 0.29) is 16.7 Å². The number of halogens is 4. The zero-order chi connectivity index (χ0) is 31.8. The van der Waals surface area contributed by atoms with Gasteiger partial charge in [0.25, 0.3) is 0 Å². The van der Waals surface area contributed by atoms with E-state index in [1.54, 1.807) is 12.3 Å². The molecule has 0 saturated carbocycles. The molecule has 10 nitrogen and oxygen atoms in total. The van der Waals surface area contributed by atoms with Gasteiger partial charge in [0.2, 0.25) is 0 Å². The molecule has 0 bridgehead atoms. The number of rotatable bonds is 9. The molecule has 4 aromatic heterocycles. The Morgan fingerprint density at radius 3 is 2.18 bits per heavy atom. The Balaban J connectivity index is 1.28. The van der Waals surface area contributed by atoms with Gasteiger partial charge in [-0.25, -0.2) is 34.3 Å². The second-order valence-corrected chi connectivity index (χ2v) is 12.8. The number of benzene rings is 1. The van der Waals surface area contributed by atoms with Crippen LogP contribution in [-0.2, 0) is 10.1 Å². The summed E-state index contributed by atoms with van der Waals surface area (Å²) in [6, 6.07) is 6.22. The van der Waals surface area contributed by atoms with Crippen molar-refractivity contribution in [2.24, 2.45) is 0 Å². The zero-order valence-corrected chi connectivity index (χ0v) is 26.0. The minimum Gasteiger partial charge on any atom is -0.382 e. The van der Waals surface area contributed by atoms with E-state index in [9.17, 15) is 26.0 Å². The van der Waals surface area contributed by atoms with Crippen molar-refractivity contribution >= 4 is 61.4 Å². The predicted octanol–water partition coefficient (Wildman–Crippen LogP) is 6.25. The van der Waals surface area contributed by atoms with E-state index < -0.39 is 27.2 Å². The Morgan fingerprint density at radius 1 is 0.864 bits per heavy atom. The van der Waals surface area contributed by atoms with Gasteiger partial charge >= 0.3 is 15.6 Å². The number of pyridine rings is 2. The number of anilines is 1. The van der Waals surface area contributed by atoms with Crippen molar-refractivity contribution in [2.75, 3.05) is 23.9 Å². The molecular formula is C27H23F4N7O3S3. The van der Waals surface area contributed by atoms with Crippen molar-refractivity contribution < 1.29 is 30.2 Å². The van der Waals surface area contributed by atoms with Gasteiger partial charge in [0.15, 0.2) is 27.4 Å². The number of aryl methyl sites for hydroxylation is 3. The maximum Gasteiger partial charge on any atom is 0.534 e. The summed E-state index contributed by atoms with van der Waals surface area (Å²) < 4.78 is 80.0. The van der Waals surface area contributed by atoms with Gasteiger partial charge in [0.1, 0.15) is 5.82 Å². The highest BCUT2D eigenvalue weighted by Crippen LogP contribution is 2.33. The number of nitrogens with zero attached hydrogens (tertiary/aromatic N) is 6. The fourth-order valence-corrected chi connectivity index (χ4v) is 5.67. The normalized spacial score (nSPS) is 12.2. The minimum atomic E-state index is -5.85. The summed E-state index contributed by atoms with van der Waals surface area (Å²) >= 11 is 2.67. The van der Waals surface area contributed by atoms with E-state index in [0.717, 1.165) is 33.8 Å². The maximum absolute atomic E-state index is 14.9. The third-order valence-electron chi connectivity index (χ3n) is 6.35. The van der Waals surface area contributed by atoms with Crippen LogP contribution in [0.4, 0.5) is 23.2 Å². The molecule has 5 aromatic rings. The van der Waals surface area contributed by atoms with Crippen LogP contribution in [0, 0.1) is 26.6 Å². The van der Waals surface area contributed by atoms with Crippen molar-refractivity contribution in [3.05, 3.63) is 59.4 Å². The minimum absolute atomic E-state index is 0.0959. The van der Waals surface area contributed by atoms with Crippen LogP contribution < -0.4 is 9.50 Å². The highest BCUT2D eigenvalue weighted by Gasteiger charge is 2.48. The lowest BCUT2D eigenvalue weighted by molar-refractivity contribution is -0.0500. The second kappa shape index (κ2) is 12.3. The first kappa shape index (κ1) is 31.6. The van der Waals surface area contributed by atoms with Crippen LogP contribution in [0.3, 0.4) is 0 Å². The lowest BCUT2D eigenvalue weighted by Gasteiger charge is -2.14. The van der Waals surface area contributed by atoms with Gasteiger partial charge in [-0.2, -0.15) is 21.6 Å². The summed E-state index contributed by atoms with van der Waals surface area (Å²) in [5, 5.41) is 5.00. The Kier molecular flexibility index (Phi) is 8.82. The predicted molar refractivity (Wildman–Crippen MR) is 161 cm³/mol. The Labute approximate surface area is 257 Å². The van der Waals surface area contributed by atoms with Gasteiger partial charge in [-0.1, -0.05) is 23.5 Å². The quantitative estimate of drug-likeness (QED) is 0.0477. The highest BCUT2D eigenvalue weighted by atomic mass is 32.2. The molecule has 0 atom stereocenters. The van der Waals surface area contributed by atoms with Gasteiger partial charge in [-0.3, -0.25) is 0 Å². The first-order chi connectivity index (χ1) is 20.8. The van der Waals surface area contributed by atoms with Crippen molar-refractivity contribution in [3.63, 3.8) is 0 Å². The molecule has 0 fully saturated rings. The van der Waals surface area contributed by atoms with E-state index >= 15 is 0 Å². The summed E-state index contributed by atoms with van der Waals surface area (Å²) in [7, 11) is -5.85. The van der Waals surface area contributed by atoms with Gasteiger partial charge in [0.05, 0.1) is 11.4 Å². The third kappa shape index (κ3) is 6.63. The Morgan fingerprint density at radius 2 is 1.50 bits per heavy atom. The van der Waals surface area contributed by atoms with Gasteiger partial charge in [-0.05, 0) is 62.4 Å². The SMILES string of the molecule is CSc1ncc2cc(-c3cc(NCCSc4ncc5cc(OS(=O)(=O)C(F)(F)F)c(C)nc5n4)c(F)cc3C)c(C)nc2n1. The van der Waals surface area contributed by atoms with E-state index in [4.69, 9.17) is 0 Å². The number of thioether (sulfide) groups is 2. The fraction of sp³-hybridized carbons (Fsp3) is 0.259. The van der Waals surface area contributed by atoms with Crippen LogP contribution >= 0.6 is 23.5 Å². The molecule has 4 heterocycles. The molecule has 0 radical (unpaired) electrons. The molecular weight excluding hydrogens is 643 g/mol. The molecule has 5 rings (SSSR count). The molecule has 1 aromatic carbocycles. The summed E-state index contributed by atoms with van der Waals surface area (Å²) in [4.78, 5) is 25.9. The molecule has 0 saturated heterocycles. The fourth-order valence-electron chi connectivity index (χ4n) is 4.17. The molecule has 1 N–H and O–H groups in total. The molecule has 230 valence electrons. The van der Waals surface area contributed by atoms with Gasteiger partial charge in [-0.15, -0.1) is 0 Å². The monoisotopic (exact) mass is 665 g/mol. The summed E-state index contributed by atoms with van der Waals surface area (Å²) in [6.07, 6.45) is 4.91. The second-order valence-electron chi connectivity index (χ2n) is 9.43. The average molecular weight is 666 g/mol. The molecule has 0 unspecified atom stereocenters. The zero-order valence-electron chi connectivity index (χ0n) is 23.5. The summed E-state index contributed by atoms with van der Waals surface area (Å²) in [6.45, 7) is 5.35. The topological polar surface area (TPSA) is 133 Å². The molecule has 0 aliphatic rings. The number of hydrogen-bond acceptors (Lipinski definition) is 12.